The lowest BCUT2D eigenvalue weighted by Gasteiger charge is -2.18. The topological polar surface area (TPSA) is 92.3 Å². The van der Waals surface area contributed by atoms with E-state index in [2.05, 4.69) is 44.1 Å². The van der Waals surface area contributed by atoms with Crippen molar-refractivity contribution in [2.75, 3.05) is 30.8 Å². The fourth-order valence-electron chi connectivity index (χ4n) is 4.15. The molecule has 5 rings (SSSR count). The van der Waals surface area contributed by atoms with Crippen LogP contribution in [0.25, 0.3) is 22.2 Å². The Kier molecular flexibility index (Phi) is 6.55. The molecule has 0 saturated carbocycles. The number of likely N-dealkylation sites (N-methyl/N-ethyl adjacent to an activating group) is 1. The van der Waals surface area contributed by atoms with Crippen LogP contribution in [0.15, 0.2) is 73.6 Å². The van der Waals surface area contributed by atoms with Crippen LogP contribution in [0.3, 0.4) is 0 Å². The maximum absolute atomic E-state index is 13.8. The van der Waals surface area contributed by atoms with Gasteiger partial charge in [0.1, 0.15) is 23.2 Å². The number of benzene rings is 2. The molecule has 1 aliphatic rings. The first-order valence-corrected chi connectivity index (χ1v) is 11.6. The molecule has 1 amide bonds. The molecule has 1 atom stereocenters. The molecule has 3 heterocycles. The first kappa shape index (κ1) is 23.4. The second-order valence-electron chi connectivity index (χ2n) is 8.62. The Balaban J connectivity index is 1.45. The van der Waals surface area contributed by atoms with Crippen molar-refractivity contribution in [3.05, 3.63) is 79.4 Å². The predicted octanol–water partition coefficient (Wildman–Crippen LogP) is 4.78. The lowest BCUT2D eigenvalue weighted by atomic mass is 10.1. The minimum atomic E-state index is -0.348. The van der Waals surface area contributed by atoms with Gasteiger partial charge in [0.05, 0.1) is 11.4 Å². The quantitative estimate of drug-likeness (QED) is 0.365. The van der Waals surface area contributed by atoms with Gasteiger partial charge in [0.2, 0.25) is 11.9 Å². The summed E-state index contributed by atoms with van der Waals surface area (Å²) >= 11 is 0. The lowest BCUT2D eigenvalue weighted by Crippen LogP contribution is -2.22. The first-order chi connectivity index (χ1) is 17.5. The summed E-state index contributed by atoms with van der Waals surface area (Å²) in [7, 11) is 2.05. The molecule has 0 radical (unpaired) electrons. The molecule has 182 valence electrons. The van der Waals surface area contributed by atoms with Gasteiger partial charge in [-0.3, -0.25) is 9.78 Å². The van der Waals surface area contributed by atoms with Crippen LogP contribution in [0.4, 0.5) is 21.7 Å². The van der Waals surface area contributed by atoms with Crippen molar-refractivity contribution in [1.82, 2.24) is 19.9 Å². The van der Waals surface area contributed by atoms with E-state index in [1.54, 1.807) is 42.7 Å². The highest BCUT2D eigenvalue weighted by Crippen LogP contribution is 2.32. The van der Waals surface area contributed by atoms with E-state index >= 15 is 0 Å². The molecule has 0 aliphatic carbocycles. The second-order valence-corrected chi connectivity index (χ2v) is 8.62. The number of likely N-dealkylation sites (tertiary alicyclic amines) is 1. The van der Waals surface area contributed by atoms with Gasteiger partial charge in [-0.25, -0.2) is 14.4 Å². The van der Waals surface area contributed by atoms with Crippen LogP contribution in [0, 0.1) is 5.82 Å². The molecule has 1 aliphatic heterocycles. The summed E-state index contributed by atoms with van der Waals surface area (Å²) in [4.78, 5) is 27.8. The largest absolute Gasteiger partial charge is 0.487 e. The third-order valence-corrected chi connectivity index (χ3v) is 5.92. The van der Waals surface area contributed by atoms with Gasteiger partial charge < -0.3 is 20.3 Å². The highest BCUT2D eigenvalue weighted by Gasteiger charge is 2.22. The summed E-state index contributed by atoms with van der Waals surface area (Å²) in [6.07, 6.45) is 5.50. The first-order valence-electron chi connectivity index (χ1n) is 11.6. The molecule has 2 aromatic carbocycles. The van der Waals surface area contributed by atoms with Crippen LogP contribution in [-0.4, -0.2) is 52.0 Å². The molecule has 8 nitrogen and oxygen atoms in total. The smallest absolute Gasteiger partial charge is 0.247 e. The van der Waals surface area contributed by atoms with Crippen molar-refractivity contribution in [2.24, 2.45) is 0 Å². The predicted molar refractivity (Wildman–Crippen MR) is 138 cm³/mol. The van der Waals surface area contributed by atoms with Gasteiger partial charge in [0.15, 0.2) is 0 Å². The Morgan fingerprint density at radius 3 is 2.89 bits per heavy atom. The van der Waals surface area contributed by atoms with E-state index in [1.807, 2.05) is 6.07 Å². The molecule has 0 spiro atoms. The van der Waals surface area contributed by atoms with Crippen molar-refractivity contribution in [3.8, 4) is 17.0 Å². The number of carbonyl (C=O) groups is 1. The third-order valence-electron chi connectivity index (χ3n) is 5.92. The molecule has 0 bridgehead atoms. The monoisotopic (exact) mass is 484 g/mol. The molecule has 36 heavy (non-hydrogen) atoms. The minimum absolute atomic E-state index is 0.0470. The van der Waals surface area contributed by atoms with Crippen LogP contribution in [0.1, 0.15) is 6.42 Å². The number of rotatable bonds is 7. The number of fused-ring (bicyclic) bond motifs is 1. The fourth-order valence-corrected chi connectivity index (χ4v) is 4.15. The average molecular weight is 485 g/mol. The van der Waals surface area contributed by atoms with Crippen molar-refractivity contribution in [3.63, 3.8) is 0 Å². The number of aromatic nitrogens is 3. The molecule has 4 aromatic rings. The summed E-state index contributed by atoms with van der Waals surface area (Å²) in [5, 5.41) is 6.77. The van der Waals surface area contributed by atoms with Gasteiger partial charge in [-0.05, 0) is 55.9 Å². The molecule has 1 saturated heterocycles. The summed E-state index contributed by atoms with van der Waals surface area (Å²) < 4.78 is 20.0. The molecular formula is C27H25FN6O2. The van der Waals surface area contributed by atoms with Crippen LogP contribution >= 0.6 is 0 Å². The summed E-state index contributed by atoms with van der Waals surface area (Å²) in [6.45, 7) is 5.32. The van der Waals surface area contributed by atoms with E-state index in [1.165, 1.54) is 18.2 Å². The van der Waals surface area contributed by atoms with Gasteiger partial charge in [0, 0.05) is 42.1 Å². The van der Waals surface area contributed by atoms with Gasteiger partial charge in [0.25, 0.3) is 0 Å². The Hall–Kier alpha value is -4.37. The zero-order valence-corrected chi connectivity index (χ0v) is 19.7. The number of halogens is 1. The molecule has 1 fully saturated rings. The van der Waals surface area contributed by atoms with Gasteiger partial charge in [-0.2, -0.15) is 0 Å². The van der Waals surface area contributed by atoms with E-state index < -0.39 is 0 Å². The SMILES string of the molecule is C=CC(=O)Nc1cc(Nc2ncc3ccnc(-c4cccc(F)c4)c3n2)ccc1OC1CCN(C)C1. The summed E-state index contributed by atoms with van der Waals surface area (Å²) in [5.74, 6) is 0.223. The number of pyridine rings is 1. The van der Waals surface area contributed by atoms with E-state index in [4.69, 9.17) is 4.74 Å². The second kappa shape index (κ2) is 10.1. The molecular weight excluding hydrogens is 459 g/mol. The average Bonchev–Trinajstić information content (AvgIpc) is 3.29. The van der Waals surface area contributed by atoms with Gasteiger partial charge in [-0.15, -0.1) is 0 Å². The number of nitrogens with zero attached hydrogens (tertiary/aromatic N) is 4. The number of hydrogen-bond donors (Lipinski definition) is 2. The van der Waals surface area contributed by atoms with E-state index in [0.29, 0.717) is 39.8 Å². The van der Waals surface area contributed by atoms with E-state index in [-0.39, 0.29) is 17.8 Å². The summed E-state index contributed by atoms with van der Waals surface area (Å²) in [6, 6.07) is 13.4. The minimum Gasteiger partial charge on any atom is -0.487 e. The Morgan fingerprint density at radius 1 is 1.22 bits per heavy atom. The Bertz CT molecular complexity index is 1440. The molecule has 1 unspecified atom stereocenters. The van der Waals surface area contributed by atoms with Crippen molar-refractivity contribution >= 4 is 34.1 Å². The van der Waals surface area contributed by atoms with E-state index in [0.717, 1.165) is 24.9 Å². The number of amides is 1. The zero-order valence-electron chi connectivity index (χ0n) is 19.7. The number of carbonyl (C=O) groups excluding carboxylic acids is 1. The number of nitrogens with one attached hydrogen (secondary N) is 2. The molecule has 9 heteroatoms. The van der Waals surface area contributed by atoms with Crippen LogP contribution in [0.2, 0.25) is 0 Å². The van der Waals surface area contributed by atoms with Crippen LogP contribution in [-0.2, 0) is 4.79 Å². The van der Waals surface area contributed by atoms with Crippen LogP contribution < -0.4 is 15.4 Å². The van der Waals surface area contributed by atoms with Crippen molar-refractivity contribution in [1.29, 1.82) is 0 Å². The van der Waals surface area contributed by atoms with E-state index in [9.17, 15) is 9.18 Å². The maximum atomic E-state index is 13.8. The Morgan fingerprint density at radius 2 is 2.11 bits per heavy atom. The number of anilines is 3. The van der Waals surface area contributed by atoms with Crippen LogP contribution in [0.5, 0.6) is 5.75 Å². The third kappa shape index (κ3) is 5.16. The van der Waals surface area contributed by atoms with Crippen molar-refractivity contribution in [2.45, 2.75) is 12.5 Å². The zero-order chi connectivity index (χ0) is 25.1. The normalized spacial score (nSPS) is 15.6. The fraction of sp³-hybridized carbons (Fsp3) is 0.185. The highest BCUT2D eigenvalue weighted by molar-refractivity contribution is 6.00. The maximum Gasteiger partial charge on any atom is 0.247 e. The van der Waals surface area contributed by atoms with Gasteiger partial charge in [-0.1, -0.05) is 18.7 Å². The van der Waals surface area contributed by atoms with Crippen molar-refractivity contribution < 1.29 is 13.9 Å². The lowest BCUT2D eigenvalue weighted by molar-refractivity contribution is -0.111. The Labute approximate surface area is 207 Å². The highest BCUT2D eigenvalue weighted by atomic mass is 19.1. The summed E-state index contributed by atoms with van der Waals surface area (Å²) in [5.41, 5.74) is 2.94. The number of ether oxygens (including phenoxy) is 1. The van der Waals surface area contributed by atoms with Gasteiger partial charge >= 0.3 is 0 Å². The standard InChI is InChI=1S/C27H25FN6O2/c1-3-24(35)32-22-14-20(7-8-23(22)36-21-10-12-34(2)16-21)31-27-30-15-18-9-11-29-25(26(18)33-27)17-5-4-6-19(28)13-17/h3-9,11,13-15,21H,1,10,12,16H2,2H3,(H,32,35)(H,30,31,33). The molecule has 2 N–H and O–H groups in total. The number of hydrogen-bond acceptors (Lipinski definition) is 7. The molecule has 2 aromatic heterocycles.